The molecule has 1 aromatic rings. The molecule has 0 aliphatic carbocycles. The van der Waals surface area contributed by atoms with E-state index in [4.69, 9.17) is 5.11 Å². The normalized spacial score (nSPS) is 10.1. The quantitative estimate of drug-likeness (QED) is 0.777. The fraction of sp³-hybridized carbons (Fsp3) is 0.500. The van der Waals surface area contributed by atoms with E-state index in [1.54, 1.807) is 11.3 Å². The smallest absolute Gasteiger partial charge is 0.303 e. The van der Waals surface area contributed by atoms with Crippen molar-refractivity contribution in [2.24, 2.45) is 0 Å². The molecule has 0 unspecified atom stereocenters. The van der Waals surface area contributed by atoms with Crippen LogP contribution in [0.2, 0.25) is 0 Å². The van der Waals surface area contributed by atoms with E-state index >= 15 is 0 Å². The van der Waals surface area contributed by atoms with E-state index in [1.165, 1.54) is 0 Å². The summed E-state index contributed by atoms with van der Waals surface area (Å²) < 4.78 is 0. The van der Waals surface area contributed by atoms with Crippen molar-refractivity contribution < 1.29 is 9.90 Å². The van der Waals surface area contributed by atoms with E-state index in [1.807, 2.05) is 12.3 Å². The summed E-state index contributed by atoms with van der Waals surface area (Å²) >= 11 is 1.54. The van der Waals surface area contributed by atoms with Gasteiger partial charge in [-0.25, -0.2) is 4.98 Å². The Labute approximate surface area is 75.1 Å². The zero-order valence-corrected chi connectivity index (χ0v) is 7.73. The van der Waals surface area contributed by atoms with Crippen molar-refractivity contribution in [3.05, 3.63) is 16.1 Å². The van der Waals surface area contributed by atoms with E-state index in [-0.39, 0.29) is 6.42 Å². The summed E-state index contributed by atoms with van der Waals surface area (Å²) in [5, 5.41) is 11.3. The highest BCUT2D eigenvalue weighted by Crippen LogP contribution is 2.11. The Kier molecular flexibility index (Phi) is 3.22. The summed E-state index contributed by atoms with van der Waals surface area (Å²) in [6, 6.07) is 0. The second-order valence-electron chi connectivity index (χ2n) is 2.48. The lowest BCUT2D eigenvalue weighted by atomic mass is 10.3. The third kappa shape index (κ3) is 2.62. The number of thiazole rings is 1. The average molecular weight is 185 g/mol. The predicted molar refractivity (Wildman–Crippen MR) is 47.4 cm³/mol. The van der Waals surface area contributed by atoms with E-state index < -0.39 is 5.97 Å². The molecule has 66 valence electrons. The van der Waals surface area contributed by atoms with E-state index in [0.717, 1.165) is 17.1 Å². The zero-order valence-electron chi connectivity index (χ0n) is 6.91. The van der Waals surface area contributed by atoms with Crippen molar-refractivity contribution in [3.8, 4) is 0 Å². The Balaban J connectivity index is 2.47. The maximum Gasteiger partial charge on any atom is 0.303 e. The molecule has 0 saturated carbocycles. The average Bonchev–Trinajstić information content (AvgIpc) is 2.48. The monoisotopic (exact) mass is 185 g/mol. The number of aryl methyl sites for hydroxylation is 2. The summed E-state index contributed by atoms with van der Waals surface area (Å²) in [5.74, 6) is -0.761. The highest BCUT2D eigenvalue weighted by atomic mass is 32.1. The molecule has 3 nitrogen and oxygen atoms in total. The van der Waals surface area contributed by atoms with Crippen molar-refractivity contribution in [2.45, 2.75) is 26.2 Å². The van der Waals surface area contributed by atoms with Gasteiger partial charge >= 0.3 is 5.97 Å². The number of hydrogen-bond donors (Lipinski definition) is 1. The van der Waals surface area contributed by atoms with Crippen LogP contribution in [0.3, 0.4) is 0 Å². The molecule has 1 rings (SSSR count). The van der Waals surface area contributed by atoms with Crippen LogP contribution >= 0.6 is 11.3 Å². The number of carboxylic acids is 1. The van der Waals surface area contributed by atoms with Crippen molar-refractivity contribution in [2.75, 3.05) is 0 Å². The lowest BCUT2D eigenvalue weighted by molar-refractivity contribution is -0.136. The minimum absolute atomic E-state index is 0.177. The summed E-state index contributed by atoms with van der Waals surface area (Å²) in [5.41, 5.74) is 1.06. The lowest BCUT2D eigenvalue weighted by Crippen LogP contribution is -1.97. The number of carbonyl (C=O) groups is 1. The highest BCUT2D eigenvalue weighted by molar-refractivity contribution is 7.09. The SMILES string of the molecule is CCc1csc(CCC(=O)O)n1. The molecule has 1 N–H and O–H groups in total. The van der Waals surface area contributed by atoms with Crippen LogP contribution in [0.15, 0.2) is 5.38 Å². The number of aromatic nitrogens is 1. The van der Waals surface area contributed by atoms with E-state index in [9.17, 15) is 4.79 Å². The molecule has 12 heavy (non-hydrogen) atoms. The fourth-order valence-electron chi connectivity index (χ4n) is 0.840. The summed E-state index contributed by atoms with van der Waals surface area (Å²) in [6.45, 7) is 2.04. The molecule has 0 spiro atoms. The molecule has 0 aliphatic heterocycles. The first kappa shape index (κ1) is 9.19. The Morgan fingerprint density at radius 1 is 1.75 bits per heavy atom. The van der Waals surface area contributed by atoms with Crippen LogP contribution in [-0.2, 0) is 17.6 Å². The van der Waals surface area contributed by atoms with E-state index in [0.29, 0.717) is 6.42 Å². The Morgan fingerprint density at radius 2 is 2.50 bits per heavy atom. The number of carboxylic acid groups (broad SMARTS) is 1. The van der Waals surface area contributed by atoms with Gasteiger partial charge in [-0.3, -0.25) is 4.79 Å². The maximum absolute atomic E-state index is 10.2. The molecule has 4 heteroatoms. The zero-order chi connectivity index (χ0) is 8.97. The number of nitrogens with zero attached hydrogens (tertiary/aromatic N) is 1. The van der Waals surface area contributed by atoms with Gasteiger partial charge in [-0.15, -0.1) is 11.3 Å². The summed E-state index contributed by atoms with van der Waals surface area (Å²) in [4.78, 5) is 14.5. The van der Waals surface area contributed by atoms with Gasteiger partial charge in [0.1, 0.15) is 0 Å². The molecular formula is C8H11NO2S. The molecule has 0 aliphatic rings. The third-order valence-electron chi connectivity index (χ3n) is 1.51. The lowest BCUT2D eigenvalue weighted by Gasteiger charge is -1.89. The second kappa shape index (κ2) is 4.21. The Morgan fingerprint density at radius 3 is 3.00 bits per heavy atom. The molecule has 0 aromatic carbocycles. The number of rotatable bonds is 4. The Bertz CT molecular complexity index is 270. The second-order valence-corrected chi connectivity index (χ2v) is 3.42. The molecule has 0 amide bonds. The van der Waals surface area contributed by atoms with Crippen molar-refractivity contribution in [1.29, 1.82) is 0 Å². The van der Waals surface area contributed by atoms with Gasteiger partial charge in [-0.05, 0) is 6.42 Å². The van der Waals surface area contributed by atoms with Crippen LogP contribution in [0.4, 0.5) is 0 Å². The van der Waals surface area contributed by atoms with Gasteiger partial charge in [0.2, 0.25) is 0 Å². The van der Waals surface area contributed by atoms with Crippen LogP contribution in [0.5, 0.6) is 0 Å². The number of aliphatic carboxylic acids is 1. The molecular weight excluding hydrogens is 174 g/mol. The van der Waals surface area contributed by atoms with Crippen molar-refractivity contribution in [1.82, 2.24) is 4.98 Å². The first-order valence-corrected chi connectivity index (χ1v) is 4.75. The van der Waals surface area contributed by atoms with Gasteiger partial charge < -0.3 is 5.11 Å². The fourth-order valence-corrected chi connectivity index (χ4v) is 1.72. The Hall–Kier alpha value is -0.900. The largest absolute Gasteiger partial charge is 0.481 e. The standard InChI is InChI=1S/C8H11NO2S/c1-2-6-5-12-7(9-6)3-4-8(10)11/h5H,2-4H2,1H3,(H,10,11). The van der Waals surface area contributed by atoms with E-state index in [2.05, 4.69) is 4.98 Å². The van der Waals surface area contributed by atoms with Crippen molar-refractivity contribution in [3.63, 3.8) is 0 Å². The van der Waals surface area contributed by atoms with Gasteiger partial charge in [-0.2, -0.15) is 0 Å². The van der Waals surface area contributed by atoms with Crippen LogP contribution in [0, 0.1) is 0 Å². The summed E-state index contributed by atoms with van der Waals surface area (Å²) in [6.07, 6.45) is 1.65. The third-order valence-corrected chi connectivity index (χ3v) is 2.47. The molecule has 0 atom stereocenters. The van der Waals surface area contributed by atoms with Crippen LogP contribution in [0.1, 0.15) is 24.0 Å². The first-order valence-electron chi connectivity index (χ1n) is 3.87. The minimum atomic E-state index is -0.761. The molecule has 1 aromatic heterocycles. The van der Waals surface area contributed by atoms with Gasteiger partial charge in [0.25, 0.3) is 0 Å². The number of hydrogen-bond acceptors (Lipinski definition) is 3. The molecule has 0 fully saturated rings. The molecule has 0 bridgehead atoms. The van der Waals surface area contributed by atoms with Crippen LogP contribution in [-0.4, -0.2) is 16.1 Å². The summed E-state index contributed by atoms with van der Waals surface area (Å²) in [7, 11) is 0. The first-order chi connectivity index (χ1) is 5.72. The molecule has 0 saturated heterocycles. The topological polar surface area (TPSA) is 50.2 Å². The van der Waals surface area contributed by atoms with Gasteiger partial charge in [0.05, 0.1) is 17.1 Å². The maximum atomic E-state index is 10.2. The van der Waals surface area contributed by atoms with Crippen LogP contribution < -0.4 is 0 Å². The van der Waals surface area contributed by atoms with Gasteiger partial charge in [0, 0.05) is 11.8 Å². The highest BCUT2D eigenvalue weighted by Gasteiger charge is 2.02. The molecule has 1 heterocycles. The van der Waals surface area contributed by atoms with Gasteiger partial charge in [-0.1, -0.05) is 6.92 Å². The van der Waals surface area contributed by atoms with Crippen molar-refractivity contribution >= 4 is 17.3 Å². The van der Waals surface area contributed by atoms with Crippen LogP contribution in [0.25, 0.3) is 0 Å². The molecule has 0 radical (unpaired) electrons. The van der Waals surface area contributed by atoms with Gasteiger partial charge in [0.15, 0.2) is 0 Å². The predicted octanol–water partition coefficient (Wildman–Crippen LogP) is 1.72. The minimum Gasteiger partial charge on any atom is -0.481 e.